The van der Waals surface area contributed by atoms with Crippen molar-refractivity contribution >= 4 is 39.6 Å². The molecule has 0 spiro atoms. The molecule has 1 aliphatic heterocycles. The van der Waals surface area contributed by atoms with E-state index in [0.29, 0.717) is 17.2 Å². The molecule has 0 bridgehead atoms. The van der Waals surface area contributed by atoms with Crippen LogP contribution in [0.25, 0.3) is 0 Å². The summed E-state index contributed by atoms with van der Waals surface area (Å²) in [5.74, 6) is -0.496. The number of benzene rings is 1. The number of thiophene rings is 1. The molecule has 1 aromatic heterocycles. The van der Waals surface area contributed by atoms with Crippen molar-refractivity contribution in [1.29, 1.82) is 0 Å². The molecule has 2 N–H and O–H groups in total. The van der Waals surface area contributed by atoms with Gasteiger partial charge in [-0.3, -0.25) is 4.79 Å². The van der Waals surface area contributed by atoms with E-state index in [1.165, 1.54) is 35.5 Å². The third-order valence-corrected chi connectivity index (χ3v) is 6.90. The zero-order valence-corrected chi connectivity index (χ0v) is 18.3. The van der Waals surface area contributed by atoms with Crippen molar-refractivity contribution in [2.45, 2.75) is 45.4 Å². The van der Waals surface area contributed by atoms with E-state index in [-0.39, 0.29) is 18.4 Å². The standard InChI is InChI=1S/C23H29N3O3S/c1-2-29-23(28)21-16-9-8-12-19(16)30-22(21)25-20(27)15-24-17-10-4-5-11-18(17)26-13-6-3-7-14-26/h4-5,10-11,24H,2-3,6-9,12-15H2,1H3,(H,25,27). The first kappa shape index (κ1) is 20.7. The summed E-state index contributed by atoms with van der Waals surface area (Å²) in [5.41, 5.74) is 3.72. The minimum absolute atomic E-state index is 0.148. The van der Waals surface area contributed by atoms with E-state index in [1.54, 1.807) is 6.92 Å². The summed E-state index contributed by atoms with van der Waals surface area (Å²) in [4.78, 5) is 28.8. The predicted molar refractivity (Wildman–Crippen MR) is 122 cm³/mol. The zero-order chi connectivity index (χ0) is 20.9. The highest BCUT2D eigenvalue weighted by atomic mass is 32.1. The summed E-state index contributed by atoms with van der Waals surface area (Å²) in [5, 5.41) is 6.86. The van der Waals surface area contributed by atoms with Crippen LogP contribution in [0.15, 0.2) is 24.3 Å². The lowest BCUT2D eigenvalue weighted by atomic mass is 10.1. The summed E-state index contributed by atoms with van der Waals surface area (Å²) >= 11 is 1.51. The van der Waals surface area contributed by atoms with E-state index in [0.717, 1.165) is 49.3 Å². The van der Waals surface area contributed by atoms with Gasteiger partial charge in [-0.05, 0) is 63.1 Å². The van der Waals surface area contributed by atoms with Crippen LogP contribution in [0.3, 0.4) is 0 Å². The monoisotopic (exact) mass is 427 g/mol. The van der Waals surface area contributed by atoms with E-state index in [2.05, 4.69) is 21.6 Å². The normalized spacial score (nSPS) is 15.6. The Morgan fingerprint density at radius 3 is 2.70 bits per heavy atom. The van der Waals surface area contributed by atoms with E-state index < -0.39 is 0 Å². The maximum atomic E-state index is 12.7. The molecule has 1 aliphatic carbocycles. The summed E-state index contributed by atoms with van der Waals surface area (Å²) < 4.78 is 5.24. The molecule has 30 heavy (non-hydrogen) atoms. The molecular formula is C23H29N3O3S. The number of hydrogen-bond acceptors (Lipinski definition) is 6. The van der Waals surface area contributed by atoms with Gasteiger partial charge in [0.2, 0.25) is 5.91 Å². The predicted octanol–water partition coefficient (Wildman–Crippen LogP) is 4.45. The molecule has 2 aliphatic rings. The maximum absolute atomic E-state index is 12.7. The number of fused-ring (bicyclic) bond motifs is 1. The van der Waals surface area contributed by atoms with Crippen LogP contribution in [0.2, 0.25) is 0 Å². The minimum atomic E-state index is -0.337. The Kier molecular flexibility index (Phi) is 6.57. The fraction of sp³-hybridized carbons (Fsp3) is 0.478. The molecule has 1 fully saturated rings. The highest BCUT2D eigenvalue weighted by Crippen LogP contribution is 2.39. The van der Waals surface area contributed by atoms with Gasteiger partial charge in [-0.25, -0.2) is 4.79 Å². The van der Waals surface area contributed by atoms with Crippen LogP contribution in [0, 0.1) is 0 Å². The first-order chi connectivity index (χ1) is 14.7. The van der Waals surface area contributed by atoms with Crippen molar-refractivity contribution in [2.24, 2.45) is 0 Å². The van der Waals surface area contributed by atoms with Crippen molar-refractivity contribution in [3.63, 3.8) is 0 Å². The number of carbonyl (C=O) groups excluding carboxylic acids is 2. The second-order valence-corrected chi connectivity index (χ2v) is 8.85. The fourth-order valence-corrected chi connectivity index (χ4v) is 5.59. The number of rotatable bonds is 7. The van der Waals surface area contributed by atoms with Gasteiger partial charge < -0.3 is 20.3 Å². The Bertz CT molecular complexity index is 918. The minimum Gasteiger partial charge on any atom is -0.462 e. The Labute approximate surface area is 181 Å². The summed E-state index contributed by atoms with van der Waals surface area (Å²) in [6.07, 6.45) is 6.57. The third-order valence-electron chi connectivity index (χ3n) is 5.69. The van der Waals surface area contributed by atoms with Gasteiger partial charge in [0, 0.05) is 18.0 Å². The Balaban J connectivity index is 1.44. The van der Waals surface area contributed by atoms with E-state index in [1.807, 2.05) is 18.2 Å². The van der Waals surface area contributed by atoms with Crippen molar-refractivity contribution in [2.75, 3.05) is 41.8 Å². The molecule has 1 aromatic carbocycles. The highest BCUT2D eigenvalue weighted by Gasteiger charge is 2.28. The quantitative estimate of drug-likeness (QED) is 0.639. The molecule has 0 unspecified atom stereocenters. The smallest absolute Gasteiger partial charge is 0.341 e. The number of nitrogens with one attached hydrogen (secondary N) is 2. The number of nitrogens with zero attached hydrogens (tertiary/aromatic N) is 1. The van der Waals surface area contributed by atoms with Gasteiger partial charge in [0.05, 0.1) is 30.1 Å². The van der Waals surface area contributed by atoms with Crippen molar-refractivity contribution in [3.8, 4) is 0 Å². The number of ether oxygens (including phenoxy) is 1. The Hall–Kier alpha value is -2.54. The molecule has 2 aromatic rings. The number of esters is 1. The lowest BCUT2D eigenvalue weighted by Crippen LogP contribution is -2.30. The lowest BCUT2D eigenvalue weighted by molar-refractivity contribution is -0.114. The van der Waals surface area contributed by atoms with Crippen molar-refractivity contribution < 1.29 is 14.3 Å². The van der Waals surface area contributed by atoms with Crippen LogP contribution in [0.5, 0.6) is 0 Å². The van der Waals surface area contributed by atoms with Crippen LogP contribution < -0.4 is 15.5 Å². The molecule has 6 nitrogen and oxygen atoms in total. The second-order valence-electron chi connectivity index (χ2n) is 7.75. The molecule has 0 saturated carbocycles. The van der Waals surface area contributed by atoms with Gasteiger partial charge in [0.25, 0.3) is 0 Å². The number of amides is 1. The number of carbonyl (C=O) groups is 2. The largest absolute Gasteiger partial charge is 0.462 e. The highest BCUT2D eigenvalue weighted by molar-refractivity contribution is 7.17. The summed E-state index contributed by atoms with van der Waals surface area (Å²) in [6.45, 7) is 4.37. The van der Waals surface area contributed by atoms with Crippen LogP contribution >= 0.6 is 11.3 Å². The van der Waals surface area contributed by atoms with E-state index in [4.69, 9.17) is 4.74 Å². The van der Waals surface area contributed by atoms with Gasteiger partial charge in [-0.1, -0.05) is 12.1 Å². The van der Waals surface area contributed by atoms with Gasteiger partial charge >= 0.3 is 5.97 Å². The average molecular weight is 428 g/mol. The lowest BCUT2D eigenvalue weighted by Gasteiger charge is -2.30. The average Bonchev–Trinajstić information content (AvgIpc) is 3.34. The van der Waals surface area contributed by atoms with Gasteiger partial charge in [0.15, 0.2) is 0 Å². The number of para-hydroxylation sites is 2. The fourth-order valence-electron chi connectivity index (χ4n) is 4.29. The van der Waals surface area contributed by atoms with Gasteiger partial charge in [0.1, 0.15) is 5.00 Å². The summed E-state index contributed by atoms with van der Waals surface area (Å²) in [6, 6.07) is 8.14. The first-order valence-electron chi connectivity index (χ1n) is 10.9. The zero-order valence-electron chi connectivity index (χ0n) is 17.5. The Morgan fingerprint density at radius 2 is 1.90 bits per heavy atom. The number of piperidine rings is 1. The molecule has 1 saturated heterocycles. The topological polar surface area (TPSA) is 70.7 Å². The molecule has 7 heteroatoms. The first-order valence-corrected chi connectivity index (χ1v) is 11.7. The van der Waals surface area contributed by atoms with Crippen LogP contribution in [-0.2, 0) is 22.4 Å². The molecule has 160 valence electrons. The molecule has 1 amide bonds. The van der Waals surface area contributed by atoms with E-state index >= 15 is 0 Å². The van der Waals surface area contributed by atoms with Crippen LogP contribution in [0.1, 0.15) is 53.4 Å². The SMILES string of the molecule is CCOC(=O)c1c(NC(=O)CNc2ccccc2N2CCCCC2)sc2c1CCC2. The number of aryl methyl sites for hydroxylation is 1. The molecular weight excluding hydrogens is 398 g/mol. The number of hydrogen-bond donors (Lipinski definition) is 2. The van der Waals surface area contributed by atoms with Gasteiger partial charge in [-0.15, -0.1) is 11.3 Å². The second kappa shape index (κ2) is 9.51. The molecule has 2 heterocycles. The van der Waals surface area contributed by atoms with E-state index in [9.17, 15) is 9.59 Å². The Morgan fingerprint density at radius 1 is 1.10 bits per heavy atom. The molecule has 4 rings (SSSR count). The molecule has 0 radical (unpaired) electrons. The van der Waals surface area contributed by atoms with Crippen molar-refractivity contribution in [3.05, 3.63) is 40.3 Å². The molecule has 0 atom stereocenters. The van der Waals surface area contributed by atoms with Crippen molar-refractivity contribution in [1.82, 2.24) is 0 Å². The maximum Gasteiger partial charge on any atom is 0.341 e. The van der Waals surface area contributed by atoms with Gasteiger partial charge in [-0.2, -0.15) is 0 Å². The number of anilines is 3. The van der Waals surface area contributed by atoms with Crippen LogP contribution in [0.4, 0.5) is 16.4 Å². The van der Waals surface area contributed by atoms with Crippen LogP contribution in [-0.4, -0.2) is 38.1 Å². The summed E-state index contributed by atoms with van der Waals surface area (Å²) in [7, 11) is 0. The third kappa shape index (κ3) is 4.46.